The van der Waals surface area contributed by atoms with Crippen molar-refractivity contribution in [1.82, 2.24) is 0 Å². The Morgan fingerprint density at radius 2 is 0.911 bits per heavy atom. The Balaban J connectivity index is 1.54. The fourth-order valence-corrected chi connectivity index (χ4v) is 5.65. The third kappa shape index (κ3) is 6.49. The van der Waals surface area contributed by atoms with Gasteiger partial charge >= 0.3 is 0 Å². The molecular weight excluding hydrogens is 624 g/mol. The van der Waals surface area contributed by atoms with E-state index >= 15 is 0 Å². The van der Waals surface area contributed by atoms with Crippen molar-refractivity contribution in [3.63, 3.8) is 0 Å². The summed E-state index contributed by atoms with van der Waals surface area (Å²) in [5.41, 5.74) is 0. The van der Waals surface area contributed by atoms with Crippen molar-refractivity contribution in [3.05, 3.63) is 0 Å². The van der Waals surface area contributed by atoms with Crippen LogP contribution in [0.4, 0.5) is 0 Å². The van der Waals surface area contributed by atoms with Crippen LogP contribution in [0, 0.1) is 0 Å². The number of aliphatic hydroxyl groups is 14. The molecule has 0 aromatic rings. The molecule has 0 bridgehead atoms. The highest BCUT2D eigenvalue weighted by atomic mass is 16.8. The standard InChI is InChI=1S/C24H42O21/c25-1-8-13(31)18(36)22(5-28,42-8)40-7-24(20(38)15(33)10(3-27)44-24)39-4-11-12(30)16(34)17(35)21(41-11)45-23(6-29)19(37)14(32)9(2-26)43-23/h8-21,25-38H,1-7H2/t8-,9+,10-,11+,12+,13-,14+,15-,16-,17+,18+,19-,20+,21+,22-,23-,24-/m0/s1. The van der Waals surface area contributed by atoms with Crippen LogP contribution in [0.5, 0.6) is 0 Å². The van der Waals surface area contributed by atoms with Crippen molar-refractivity contribution in [2.75, 3.05) is 46.2 Å². The quantitative estimate of drug-likeness (QED) is 0.0867. The molecule has 21 nitrogen and oxygen atoms in total. The van der Waals surface area contributed by atoms with Crippen molar-refractivity contribution in [2.45, 2.75) is 103 Å². The van der Waals surface area contributed by atoms with E-state index in [0.29, 0.717) is 0 Å². The number of hydrogen-bond acceptors (Lipinski definition) is 21. The van der Waals surface area contributed by atoms with E-state index < -0.39 is 149 Å². The van der Waals surface area contributed by atoms with Crippen molar-refractivity contribution in [3.8, 4) is 0 Å². The largest absolute Gasteiger partial charge is 0.394 e. The summed E-state index contributed by atoms with van der Waals surface area (Å²) in [6.45, 7) is -6.57. The molecule has 17 atom stereocenters. The zero-order valence-electron chi connectivity index (χ0n) is 23.7. The first-order chi connectivity index (χ1) is 21.2. The van der Waals surface area contributed by atoms with Crippen LogP contribution in [0.3, 0.4) is 0 Å². The molecular formula is C24H42O21. The van der Waals surface area contributed by atoms with E-state index in [4.69, 9.17) is 33.2 Å². The third-order valence-corrected chi connectivity index (χ3v) is 8.49. The minimum atomic E-state index is -2.49. The summed E-state index contributed by atoms with van der Waals surface area (Å²) >= 11 is 0. The molecule has 0 spiro atoms. The molecule has 4 aliphatic heterocycles. The number of hydrogen-bond donors (Lipinski definition) is 14. The Morgan fingerprint density at radius 1 is 0.467 bits per heavy atom. The molecule has 4 aliphatic rings. The van der Waals surface area contributed by atoms with Gasteiger partial charge in [0.2, 0.25) is 17.4 Å². The zero-order chi connectivity index (χ0) is 33.5. The Kier molecular flexibility index (Phi) is 11.8. The second-order valence-corrected chi connectivity index (χ2v) is 11.3. The van der Waals surface area contributed by atoms with Gasteiger partial charge in [0.15, 0.2) is 6.29 Å². The van der Waals surface area contributed by atoms with Crippen LogP contribution in [0.15, 0.2) is 0 Å². The molecule has 4 rings (SSSR count). The van der Waals surface area contributed by atoms with Gasteiger partial charge in [0.25, 0.3) is 0 Å². The van der Waals surface area contributed by atoms with Gasteiger partial charge in [-0.15, -0.1) is 0 Å². The van der Waals surface area contributed by atoms with Crippen LogP contribution >= 0.6 is 0 Å². The Hall–Kier alpha value is -0.840. The van der Waals surface area contributed by atoms with Gasteiger partial charge in [-0.2, -0.15) is 0 Å². The molecule has 0 aromatic carbocycles. The smallest absolute Gasteiger partial charge is 0.224 e. The molecule has 0 aliphatic carbocycles. The molecule has 45 heavy (non-hydrogen) atoms. The van der Waals surface area contributed by atoms with Crippen molar-refractivity contribution < 1.29 is 105 Å². The van der Waals surface area contributed by atoms with E-state index in [1.165, 1.54) is 0 Å². The first-order valence-corrected chi connectivity index (χ1v) is 14.0. The molecule has 14 N–H and O–H groups in total. The predicted octanol–water partition coefficient (Wildman–Crippen LogP) is -9.74. The average molecular weight is 667 g/mol. The lowest BCUT2D eigenvalue weighted by molar-refractivity contribution is -0.391. The highest BCUT2D eigenvalue weighted by Gasteiger charge is 2.62. The summed E-state index contributed by atoms with van der Waals surface area (Å²) < 4.78 is 38.2. The maximum Gasteiger partial charge on any atom is 0.224 e. The second-order valence-electron chi connectivity index (χ2n) is 11.3. The van der Waals surface area contributed by atoms with Crippen LogP contribution < -0.4 is 0 Å². The summed E-state index contributed by atoms with van der Waals surface area (Å²) in [5, 5.41) is 142. The molecule has 21 heteroatoms. The molecule has 264 valence electrons. The molecule has 0 saturated carbocycles. The van der Waals surface area contributed by atoms with Crippen molar-refractivity contribution in [2.24, 2.45) is 0 Å². The highest BCUT2D eigenvalue weighted by Crippen LogP contribution is 2.39. The zero-order valence-corrected chi connectivity index (χ0v) is 23.7. The van der Waals surface area contributed by atoms with Gasteiger partial charge in [-0.1, -0.05) is 0 Å². The first-order valence-electron chi connectivity index (χ1n) is 14.0. The van der Waals surface area contributed by atoms with Gasteiger partial charge in [-0.25, -0.2) is 0 Å². The minimum absolute atomic E-state index is 0.789. The fraction of sp³-hybridized carbons (Fsp3) is 1.00. The van der Waals surface area contributed by atoms with E-state index in [9.17, 15) is 71.5 Å². The van der Waals surface area contributed by atoms with E-state index in [0.717, 1.165) is 0 Å². The maximum atomic E-state index is 10.9. The van der Waals surface area contributed by atoms with Crippen LogP contribution in [0.25, 0.3) is 0 Å². The number of rotatable bonds is 13. The Bertz CT molecular complexity index is 964. The first kappa shape index (κ1) is 37.0. The van der Waals surface area contributed by atoms with Gasteiger partial charge in [0.1, 0.15) is 99.2 Å². The van der Waals surface area contributed by atoms with Crippen LogP contribution in [-0.2, 0) is 33.2 Å². The van der Waals surface area contributed by atoms with Crippen LogP contribution in [0.1, 0.15) is 0 Å². The SMILES string of the molecule is OC[C@@H]1O[C@](CO)(OC[C@]2(OC[C@H]3O[C@H](O[C@]4(CO)O[C@H](CO)[C@@H](O)[C@@H]4O)[C@H](O)[C@@H](O)[C@@H]3O)O[C@@H](CO)[C@H](O)[C@H]2O)[C@H](O)[C@H]1O. The summed E-state index contributed by atoms with van der Waals surface area (Å²) in [5.74, 6) is -7.36. The molecule has 4 saturated heterocycles. The lowest BCUT2D eigenvalue weighted by atomic mass is 9.98. The average Bonchev–Trinajstić information content (AvgIpc) is 3.55. The molecule has 4 fully saturated rings. The lowest BCUT2D eigenvalue weighted by Gasteiger charge is -2.44. The third-order valence-electron chi connectivity index (χ3n) is 8.49. The second kappa shape index (κ2) is 14.3. The fourth-order valence-electron chi connectivity index (χ4n) is 5.65. The summed E-state index contributed by atoms with van der Waals surface area (Å²) in [7, 11) is 0. The number of aliphatic hydroxyl groups excluding tert-OH is 14. The van der Waals surface area contributed by atoms with E-state index in [2.05, 4.69) is 0 Å². The molecule has 0 aromatic heterocycles. The van der Waals surface area contributed by atoms with Gasteiger partial charge in [-0.05, 0) is 0 Å². The van der Waals surface area contributed by atoms with E-state index in [1.807, 2.05) is 0 Å². The molecule has 0 amide bonds. The summed E-state index contributed by atoms with van der Waals surface area (Å²) in [6, 6.07) is 0. The Morgan fingerprint density at radius 3 is 1.38 bits per heavy atom. The van der Waals surface area contributed by atoms with Crippen LogP contribution in [-0.4, -0.2) is 221 Å². The van der Waals surface area contributed by atoms with E-state index in [-0.39, 0.29) is 0 Å². The summed E-state index contributed by atoms with van der Waals surface area (Å²) in [6.07, 6.45) is -25.3. The van der Waals surface area contributed by atoms with Gasteiger partial charge in [0.05, 0.1) is 26.4 Å². The highest BCUT2D eigenvalue weighted by molar-refractivity contribution is 5.02. The molecule has 4 heterocycles. The monoisotopic (exact) mass is 666 g/mol. The Labute approximate surface area is 254 Å². The normalized spacial score (nSPS) is 52.1. The topological polar surface area (TPSA) is 348 Å². The van der Waals surface area contributed by atoms with Crippen molar-refractivity contribution in [1.29, 1.82) is 0 Å². The van der Waals surface area contributed by atoms with Crippen LogP contribution in [0.2, 0.25) is 0 Å². The predicted molar refractivity (Wildman–Crippen MR) is 134 cm³/mol. The van der Waals surface area contributed by atoms with Gasteiger partial charge < -0.3 is 105 Å². The van der Waals surface area contributed by atoms with Crippen molar-refractivity contribution >= 4 is 0 Å². The lowest BCUT2D eigenvalue weighted by Crippen LogP contribution is -2.63. The number of ether oxygens (including phenoxy) is 7. The van der Waals surface area contributed by atoms with Gasteiger partial charge in [-0.3, -0.25) is 0 Å². The van der Waals surface area contributed by atoms with E-state index in [1.54, 1.807) is 0 Å². The summed E-state index contributed by atoms with van der Waals surface area (Å²) in [4.78, 5) is 0. The minimum Gasteiger partial charge on any atom is -0.394 e. The molecule has 0 radical (unpaired) electrons. The van der Waals surface area contributed by atoms with Gasteiger partial charge in [0, 0.05) is 0 Å². The molecule has 0 unspecified atom stereocenters. The maximum absolute atomic E-state index is 10.9.